The Balaban J connectivity index is 1.68. The molecule has 1 aliphatic heterocycles. The van der Waals surface area contributed by atoms with E-state index in [0.29, 0.717) is 0 Å². The number of anilines is 3. The molecule has 1 N–H and O–H groups in total. The second-order valence-corrected chi connectivity index (χ2v) is 7.34. The first kappa shape index (κ1) is 15.5. The van der Waals surface area contributed by atoms with Gasteiger partial charge in [0, 0.05) is 11.1 Å². The molecule has 0 aromatic heterocycles. The number of nitrogens with zero attached hydrogens (tertiary/aromatic N) is 1. The Morgan fingerprint density at radius 2 is 1.58 bits per heavy atom. The SMILES string of the molecule is CCC1(CC)c2ccccc2-c2ccc(N3CNc4ccccc43)cc21. The van der Waals surface area contributed by atoms with E-state index < -0.39 is 0 Å². The second-order valence-electron chi connectivity index (χ2n) is 7.34. The molecule has 2 heteroatoms. The van der Waals surface area contributed by atoms with E-state index in [4.69, 9.17) is 0 Å². The molecule has 1 heterocycles. The summed E-state index contributed by atoms with van der Waals surface area (Å²) in [5.74, 6) is 0. The monoisotopic (exact) mass is 340 g/mol. The molecule has 2 nitrogen and oxygen atoms in total. The summed E-state index contributed by atoms with van der Waals surface area (Å²) in [5, 5.41) is 3.51. The molecule has 2 aliphatic rings. The standard InChI is InChI=1S/C24H24N2/c1-3-24(4-2)20-10-6-5-9-18(20)19-14-13-17(15-21(19)24)26-16-25-22-11-7-8-12-23(22)26/h5-15,25H,3-4,16H2,1-2H3. The number of nitrogens with one attached hydrogen (secondary N) is 1. The minimum atomic E-state index is 0.134. The van der Waals surface area contributed by atoms with E-state index in [1.165, 1.54) is 39.3 Å². The smallest absolute Gasteiger partial charge is 0.0926 e. The van der Waals surface area contributed by atoms with Gasteiger partial charge in [0.05, 0.1) is 18.0 Å². The van der Waals surface area contributed by atoms with Gasteiger partial charge in [-0.25, -0.2) is 0 Å². The zero-order chi connectivity index (χ0) is 17.7. The zero-order valence-corrected chi connectivity index (χ0v) is 15.4. The van der Waals surface area contributed by atoms with Crippen LogP contribution >= 0.6 is 0 Å². The van der Waals surface area contributed by atoms with E-state index in [-0.39, 0.29) is 5.41 Å². The normalized spacial score (nSPS) is 16.0. The van der Waals surface area contributed by atoms with Crippen molar-refractivity contribution in [3.8, 4) is 11.1 Å². The average molecular weight is 340 g/mol. The molecule has 0 saturated carbocycles. The number of hydrogen-bond donors (Lipinski definition) is 1. The summed E-state index contributed by atoms with van der Waals surface area (Å²) in [6.07, 6.45) is 2.26. The highest BCUT2D eigenvalue weighted by atomic mass is 15.3. The Labute approximate surface area is 155 Å². The van der Waals surface area contributed by atoms with Gasteiger partial charge < -0.3 is 10.2 Å². The highest BCUT2D eigenvalue weighted by Crippen LogP contribution is 2.53. The third-order valence-electron chi connectivity index (χ3n) is 6.39. The van der Waals surface area contributed by atoms with Crippen molar-refractivity contribution in [2.24, 2.45) is 0 Å². The Kier molecular flexibility index (Phi) is 3.36. The maximum Gasteiger partial charge on any atom is 0.0926 e. The summed E-state index contributed by atoms with van der Waals surface area (Å²) in [6.45, 7) is 5.49. The van der Waals surface area contributed by atoms with Crippen molar-refractivity contribution >= 4 is 17.1 Å². The summed E-state index contributed by atoms with van der Waals surface area (Å²) in [4.78, 5) is 2.38. The van der Waals surface area contributed by atoms with Crippen LogP contribution in [-0.4, -0.2) is 6.67 Å². The van der Waals surface area contributed by atoms with Gasteiger partial charge in [0.15, 0.2) is 0 Å². The van der Waals surface area contributed by atoms with Crippen LogP contribution < -0.4 is 10.2 Å². The molecule has 0 spiro atoms. The Morgan fingerprint density at radius 3 is 2.42 bits per heavy atom. The Morgan fingerprint density at radius 1 is 0.846 bits per heavy atom. The van der Waals surface area contributed by atoms with Crippen molar-refractivity contribution < 1.29 is 0 Å². The summed E-state index contributed by atoms with van der Waals surface area (Å²) in [7, 11) is 0. The van der Waals surface area contributed by atoms with Crippen LogP contribution in [-0.2, 0) is 5.41 Å². The molecule has 3 aromatic carbocycles. The Bertz CT molecular complexity index is 985. The van der Waals surface area contributed by atoms with Crippen LogP contribution in [0.15, 0.2) is 66.7 Å². The molecule has 3 aromatic rings. The van der Waals surface area contributed by atoms with Crippen LogP contribution in [0.5, 0.6) is 0 Å². The van der Waals surface area contributed by atoms with Crippen molar-refractivity contribution in [3.63, 3.8) is 0 Å². The number of fused-ring (bicyclic) bond motifs is 4. The lowest BCUT2D eigenvalue weighted by molar-refractivity contribution is 0.490. The lowest BCUT2D eigenvalue weighted by atomic mass is 9.74. The molecular weight excluding hydrogens is 316 g/mol. The van der Waals surface area contributed by atoms with Crippen molar-refractivity contribution in [2.45, 2.75) is 32.1 Å². The highest BCUT2D eigenvalue weighted by Gasteiger charge is 2.40. The number of benzene rings is 3. The van der Waals surface area contributed by atoms with E-state index in [0.717, 1.165) is 19.5 Å². The largest absolute Gasteiger partial charge is 0.366 e. The fourth-order valence-electron chi connectivity index (χ4n) is 4.96. The number of rotatable bonds is 3. The molecule has 0 amide bonds. The van der Waals surface area contributed by atoms with E-state index in [9.17, 15) is 0 Å². The minimum absolute atomic E-state index is 0.134. The molecule has 0 unspecified atom stereocenters. The van der Waals surface area contributed by atoms with Gasteiger partial charge in [0.1, 0.15) is 0 Å². The van der Waals surface area contributed by atoms with E-state index in [2.05, 4.69) is 90.8 Å². The molecule has 0 radical (unpaired) electrons. The summed E-state index contributed by atoms with van der Waals surface area (Å²) < 4.78 is 0. The van der Waals surface area contributed by atoms with Gasteiger partial charge in [-0.15, -0.1) is 0 Å². The fraction of sp³-hybridized carbons (Fsp3) is 0.250. The van der Waals surface area contributed by atoms with Gasteiger partial charge in [-0.2, -0.15) is 0 Å². The highest BCUT2D eigenvalue weighted by molar-refractivity contribution is 5.86. The van der Waals surface area contributed by atoms with Crippen LogP contribution in [0.2, 0.25) is 0 Å². The first-order chi connectivity index (χ1) is 12.8. The van der Waals surface area contributed by atoms with Gasteiger partial charge in [0.25, 0.3) is 0 Å². The molecule has 0 atom stereocenters. The molecule has 1 aliphatic carbocycles. The quantitative estimate of drug-likeness (QED) is 0.602. The summed E-state index contributed by atoms with van der Waals surface area (Å²) in [5.41, 5.74) is 9.71. The first-order valence-corrected chi connectivity index (χ1v) is 9.63. The fourth-order valence-corrected chi connectivity index (χ4v) is 4.96. The maximum atomic E-state index is 3.51. The Hall–Kier alpha value is -2.74. The number of para-hydroxylation sites is 2. The molecular formula is C24H24N2. The zero-order valence-electron chi connectivity index (χ0n) is 15.4. The topological polar surface area (TPSA) is 15.3 Å². The van der Waals surface area contributed by atoms with Crippen LogP contribution in [0.3, 0.4) is 0 Å². The third-order valence-corrected chi connectivity index (χ3v) is 6.39. The number of hydrogen-bond acceptors (Lipinski definition) is 2. The predicted octanol–water partition coefficient (Wildman–Crippen LogP) is 6.29. The second kappa shape index (κ2) is 5.63. The molecule has 0 saturated heterocycles. The van der Waals surface area contributed by atoms with E-state index >= 15 is 0 Å². The van der Waals surface area contributed by atoms with Gasteiger partial charge in [-0.3, -0.25) is 0 Å². The van der Waals surface area contributed by atoms with Crippen molar-refractivity contribution in [1.82, 2.24) is 0 Å². The first-order valence-electron chi connectivity index (χ1n) is 9.63. The van der Waals surface area contributed by atoms with Crippen molar-refractivity contribution in [2.75, 3.05) is 16.9 Å². The van der Waals surface area contributed by atoms with Gasteiger partial charge in [-0.1, -0.05) is 56.3 Å². The van der Waals surface area contributed by atoms with E-state index in [1.807, 2.05) is 0 Å². The maximum absolute atomic E-state index is 3.51. The average Bonchev–Trinajstić information content (AvgIpc) is 3.25. The summed E-state index contributed by atoms with van der Waals surface area (Å²) in [6, 6.07) is 24.6. The lowest BCUT2D eigenvalue weighted by Crippen LogP contribution is -2.24. The van der Waals surface area contributed by atoms with Crippen LogP contribution in [0, 0.1) is 0 Å². The third kappa shape index (κ3) is 1.93. The molecule has 0 fully saturated rings. The molecule has 5 rings (SSSR count). The lowest BCUT2D eigenvalue weighted by Gasteiger charge is -2.30. The van der Waals surface area contributed by atoms with Crippen LogP contribution in [0.4, 0.5) is 17.1 Å². The van der Waals surface area contributed by atoms with Crippen LogP contribution in [0.25, 0.3) is 11.1 Å². The minimum Gasteiger partial charge on any atom is -0.366 e. The van der Waals surface area contributed by atoms with Crippen molar-refractivity contribution in [1.29, 1.82) is 0 Å². The van der Waals surface area contributed by atoms with E-state index in [1.54, 1.807) is 0 Å². The van der Waals surface area contributed by atoms with Crippen molar-refractivity contribution in [3.05, 3.63) is 77.9 Å². The van der Waals surface area contributed by atoms with Crippen LogP contribution in [0.1, 0.15) is 37.8 Å². The van der Waals surface area contributed by atoms with Gasteiger partial charge >= 0.3 is 0 Å². The summed E-state index contributed by atoms with van der Waals surface area (Å²) >= 11 is 0. The molecule has 26 heavy (non-hydrogen) atoms. The van der Waals surface area contributed by atoms with Gasteiger partial charge in [-0.05, 0) is 59.4 Å². The molecule has 0 bridgehead atoms. The molecule has 130 valence electrons. The van der Waals surface area contributed by atoms with Gasteiger partial charge in [0.2, 0.25) is 0 Å². The predicted molar refractivity (Wildman–Crippen MR) is 110 cm³/mol.